The number of aryl methyl sites for hydroxylation is 1. The lowest BCUT2D eigenvalue weighted by atomic mass is 10.2. The Morgan fingerprint density at radius 1 is 1.19 bits per heavy atom. The summed E-state index contributed by atoms with van der Waals surface area (Å²) in [5, 5.41) is 14.4. The molecule has 0 saturated heterocycles. The summed E-state index contributed by atoms with van der Waals surface area (Å²) in [6.07, 6.45) is 3.60. The summed E-state index contributed by atoms with van der Waals surface area (Å²) in [6, 6.07) is 8.00. The van der Waals surface area contributed by atoms with Crippen molar-refractivity contribution < 1.29 is 0 Å². The molecule has 4 aromatic rings. The van der Waals surface area contributed by atoms with E-state index in [4.69, 9.17) is 4.98 Å². The molecule has 0 fully saturated rings. The Morgan fingerprint density at radius 3 is 2.92 bits per heavy atom. The van der Waals surface area contributed by atoms with Crippen molar-refractivity contribution in [2.45, 2.75) is 20.4 Å². The number of nitrogens with one attached hydrogen (secondary N) is 3. The highest BCUT2D eigenvalue weighted by Gasteiger charge is 2.10. The van der Waals surface area contributed by atoms with Crippen LogP contribution >= 0.6 is 11.3 Å². The second kappa shape index (κ2) is 7.19. The summed E-state index contributed by atoms with van der Waals surface area (Å²) >= 11 is 1.51. The Morgan fingerprint density at radius 2 is 2.12 bits per heavy atom. The third kappa shape index (κ3) is 3.42. The molecule has 0 atom stereocenters. The van der Waals surface area contributed by atoms with E-state index in [0.717, 1.165) is 51.3 Å². The maximum atomic E-state index is 4.72. The average Bonchev–Trinajstić information content (AvgIpc) is 3.25. The summed E-state index contributed by atoms with van der Waals surface area (Å²) in [4.78, 5) is 14.6. The number of thiazole rings is 1. The third-order valence-electron chi connectivity index (χ3n) is 4.00. The number of H-pyrrole nitrogens is 1. The largest absolute Gasteiger partial charge is 0.316 e. The number of rotatable bonds is 6. The Hall–Kier alpha value is -2.84. The predicted molar refractivity (Wildman–Crippen MR) is 105 cm³/mol. The zero-order valence-electron chi connectivity index (χ0n) is 14.6. The summed E-state index contributed by atoms with van der Waals surface area (Å²) in [7, 11) is 0. The van der Waals surface area contributed by atoms with Gasteiger partial charge >= 0.3 is 0 Å². The van der Waals surface area contributed by atoms with Crippen molar-refractivity contribution in [3.8, 4) is 11.3 Å². The number of anilines is 2. The predicted octanol–water partition coefficient (Wildman–Crippen LogP) is 3.64. The summed E-state index contributed by atoms with van der Waals surface area (Å²) in [6.45, 7) is 5.84. The maximum absolute atomic E-state index is 4.72. The highest BCUT2D eigenvalue weighted by atomic mass is 32.1. The van der Waals surface area contributed by atoms with Gasteiger partial charge in [0.15, 0.2) is 5.13 Å². The van der Waals surface area contributed by atoms with Gasteiger partial charge in [0, 0.05) is 24.0 Å². The molecular weight excluding hydrogens is 346 g/mol. The second-order valence-corrected chi connectivity index (χ2v) is 6.88. The van der Waals surface area contributed by atoms with Crippen LogP contribution in [-0.2, 0) is 6.54 Å². The lowest BCUT2D eigenvalue weighted by Crippen LogP contribution is -2.11. The molecule has 7 nitrogen and oxygen atoms in total. The van der Waals surface area contributed by atoms with E-state index >= 15 is 0 Å². The van der Waals surface area contributed by atoms with Crippen molar-refractivity contribution in [1.29, 1.82) is 0 Å². The molecule has 0 spiro atoms. The van der Waals surface area contributed by atoms with E-state index < -0.39 is 0 Å². The molecule has 4 heterocycles. The van der Waals surface area contributed by atoms with Crippen LogP contribution in [-0.4, -0.2) is 31.7 Å². The van der Waals surface area contributed by atoms with Gasteiger partial charge in [0.05, 0.1) is 11.9 Å². The van der Waals surface area contributed by atoms with Crippen molar-refractivity contribution >= 4 is 32.6 Å². The molecule has 0 unspecified atom stereocenters. The van der Waals surface area contributed by atoms with Gasteiger partial charge in [0.2, 0.25) is 0 Å². The van der Waals surface area contributed by atoms with Gasteiger partial charge in [-0.15, -0.1) is 0 Å². The standard InChI is InChI=1S/C18H19N7S/c1-3-19-9-12-6-7-20-16(8-12)24-18-23-15-5-4-14(22-17(15)26-18)13-10-21-25-11(13)2/h4-8,10,19H,3,9H2,1-2H3,(H,21,25)(H,20,23,24). The third-order valence-corrected chi connectivity index (χ3v) is 4.88. The molecule has 0 bridgehead atoms. The molecule has 0 aliphatic carbocycles. The van der Waals surface area contributed by atoms with Crippen LogP contribution in [0.5, 0.6) is 0 Å². The molecule has 0 saturated carbocycles. The van der Waals surface area contributed by atoms with Crippen molar-refractivity contribution in [2.75, 3.05) is 11.9 Å². The smallest absolute Gasteiger partial charge is 0.190 e. The molecule has 3 N–H and O–H groups in total. The van der Waals surface area contributed by atoms with E-state index in [9.17, 15) is 0 Å². The van der Waals surface area contributed by atoms with Crippen molar-refractivity contribution in [3.05, 3.63) is 47.9 Å². The van der Waals surface area contributed by atoms with Crippen molar-refractivity contribution in [3.63, 3.8) is 0 Å². The van der Waals surface area contributed by atoms with Gasteiger partial charge in [-0.1, -0.05) is 18.3 Å². The number of hydrogen-bond donors (Lipinski definition) is 3. The zero-order valence-corrected chi connectivity index (χ0v) is 15.4. The first-order valence-electron chi connectivity index (χ1n) is 8.43. The highest BCUT2D eigenvalue weighted by molar-refractivity contribution is 7.21. The number of aromatic amines is 1. The van der Waals surface area contributed by atoms with E-state index in [-0.39, 0.29) is 0 Å². The lowest BCUT2D eigenvalue weighted by molar-refractivity contribution is 0.726. The first kappa shape index (κ1) is 16.6. The van der Waals surface area contributed by atoms with E-state index in [0.29, 0.717) is 0 Å². The van der Waals surface area contributed by atoms with Crippen molar-refractivity contribution in [1.82, 2.24) is 30.5 Å². The molecule has 4 aromatic heterocycles. The fourth-order valence-electron chi connectivity index (χ4n) is 2.66. The Balaban J connectivity index is 1.59. The van der Waals surface area contributed by atoms with Gasteiger partial charge in [-0.3, -0.25) is 5.10 Å². The van der Waals surface area contributed by atoms with E-state index in [1.165, 1.54) is 16.9 Å². The summed E-state index contributed by atoms with van der Waals surface area (Å²) in [5.41, 5.74) is 4.95. The van der Waals surface area contributed by atoms with Crippen LogP contribution in [0.3, 0.4) is 0 Å². The molecule has 0 aliphatic rings. The number of aromatic nitrogens is 5. The molecule has 8 heteroatoms. The summed E-state index contributed by atoms with van der Waals surface area (Å²) in [5.74, 6) is 0.783. The van der Waals surface area contributed by atoms with Crippen LogP contribution in [0.15, 0.2) is 36.7 Å². The average molecular weight is 365 g/mol. The zero-order chi connectivity index (χ0) is 17.9. The molecular formula is C18H19N7S. The number of fused-ring (bicyclic) bond motifs is 1. The first-order valence-corrected chi connectivity index (χ1v) is 9.25. The normalized spacial score (nSPS) is 11.2. The molecule has 0 radical (unpaired) electrons. The van der Waals surface area contributed by atoms with E-state index in [1.807, 2.05) is 31.2 Å². The fraction of sp³-hybridized carbons (Fsp3) is 0.222. The quantitative estimate of drug-likeness (QED) is 0.483. The number of hydrogen-bond acceptors (Lipinski definition) is 7. The molecule has 0 amide bonds. The van der Waals surface area contributed by atoms with Gasteiger partial charge in [-0.2, -0.15) is 5.10 Å². The van der Waals surface area contributed by atoms with E-state index in [1.54, 1.807) is 12.4 Å². The molecule has 4 rings (SSSR count). The van der Waals surface area contributed by atoms with Gasteiger partial charge in [-0.25, -0.2) is 15.0 Å². The first-order chi connectivity index (χ1) is 12.7. The monoisotopic (exact) mass is 365 g/mol. The van der Waals surface area contributed by atoms with Gasteiger partial charge < -0.3 is 10.6 Å². The molecule has 0 aliphatic heterocycles. The fourth-order valence-corrected chi connectivity index (χ4v) is 3.51. The number of pyridine rings is 2. The van der Waals surface area contributed by atoms with Crippen LogP contribution in [0.25, 0.3) is 21.6 Å². The minimum atomic E-state index is 0.779. The lowest BCUT2D eigenvalue weighted by Gasteiger charge is -2.05. The SMILES string of the molecule is CCNCc1ccnc(Nc2nc3ccc(-c4cn[nH]c4C)nc3s2)c1. The minimum absolute atomic E-state index is 0.779. The minimum Gasteiger partial charge on any atom is -0.316 e. The maximum Gasteiger partial charge on any atom is 0.190 e. The summed E-state index contributed by atoms with van der Waals surface area (Å²) < 4.78 is 0. The topological polar surface area (TPSA) is 91.4 Å². The van der Waals surface area contributed by atoms with Crippen LogP contribution in [0.1, 0.15) is 18.2 Å². The Labute approximate surface area is 154 Å². The van der Waals surface area contributed by atoms with Gasteiger partial charge in [-0.05, 0) is 43.3 Å². The van der Waals surface area contributed by atoms with Crippen LogP contribution in [0.2, 0.25) is 0 Å². The van der Waals surface area contributed by atoms with Crippen LogP contribution < -0.4 is 10.6 Å². The Bertz CT molecular complexity index is 1040. The highest BCUT2D eigenvalue weighted by Crippen LogP contribution is 2.29. The molecule has 26 heavy (non-hydrogen) atoms. The second-order valence-electron chi connectivity index (χ2n) is 5.90. The van der Waals surface area contributed by atoms with E-state index in [2.05, 4.69) is 37.7 Å². The van der Waals surface area contributed by atoms with Gasteiger partial charge in [0.25, 0.3) is 0 Å². The van der Waals surface area contributed by atoms with Crippen LogP contribution in [0, 0.1) is 6.92 Å². The Kier molecular flexibility index (Phi) is 4.59. The van der Waals surface area contributed by atoms with Crippen LogP contribution in [0.4, 0.5) is 10.9 Å². The number of nitrogens with zero attached hydrogens (tertiary/aromatic N) is 4. The molecule has 0 aromatic carbocycles. The molecule has 132 valence electrons. The van der Waals surface area contributed by atoms with Crippen molar-refractivity contribution in [2.24, 2.45) is 0 Å². The van der Waals surface area contributed by atoms with Gasteiger partial charge in [0.1, 0.15) is 16.2 Å².